The monoisotopic (exact) mass is 288 g/mol. The number of hydrogen-bond donors (Lipinski definition) is 0. The molecule has 0 unspecified atom stereocenters. The molecule has 0 saturated carbocycles. The van der Waals surface area contributed by atoms with Crippen molar-refractivity contribution >= 4 is 11.8 Å². The number of rotatable bonds is 3. The summed E-state index contributed by atoms with van der Waals surface area (Å²) >= 11 is 0. The minimum absolute atomic E-state index is 0.0413. The van der Waals surface area contributed by atoms with Crippen molar-refractivity contribution < 1.29 is 14.3 Å². The van der Waals surface area contributed by atoms with Crippen molar-refractivity contribution in [2.75, 3.05) is 20.2 Å². The second-order valence-electron chi connectivity index (χ2n) is 5.76. The number of fused-ring (bicyclic) bond motifs is 1. The molecule has 5 nitrogen and oxygen atoms in total. The summed E-state index contributed by atoms with van der Waals surface area (Å²) in [4.78, 5) is 27.8. The highest BCUT2D eigenvalue weighted by Crippen LogP contribution is 2.35. The molecule has 3 rings (SSSR count). The van der Waals surface area contributed by atoms with Gasteiger partial charge in [-0.1, -0.05) is 30.3 Å². The van der Waals surface area contributed by atoms with Gasteiger partial charge in [-0.2, -0.15) is 0 Å². The van der Waals surface area contributed by atoms with Crippen LogP contribution in [0.1, 0.15) is 12.5 Å². The standard InChI is InChI=1S/C16H20N2O3/c1-11(19)17-9-13-14(10-17)18(16(20)15(13)21-2)8-12-6-4-3-5-7-12/h3-7,13-15H,8-10H2,1-2H3/t13-,14+,15-/m0/s1. The third-order valence-electron chi connectivity index (χ3n) is 4.54. The molecule has 2 fully saturated rings. The van der Waals surface area contributed by atoms with Crippen LogP contribution in [0.25, 0.3) is 0 Å². The average Bonchev–Trinajstić information content (AvgIpc) is 3.00. The molecule has 5 heteroatoms. The number of hydrogen-bond acceptors (Lipinski definition) is 3. The molecule has 2 aliphatic rings. The molecule has 2 aliphatic heterocycles. The van der Waals surface area contributed by atoms with E-state index >= 15 is 0 Å². The SMILES string of the molecule is CO[C@@H]1C(=O)N(Cc2ccccc2)[C@@H]2CN(C(C)=O)C[C@H]12. The summed E-state index contributed by atoms with van der Waals surface area (Å²) in [6.45, 7) is 3.37. The van der Waals surface area contributed by atoms with Crippen molar-refractivity contribution in [2.24, 2.45) is 5.92 Å². The molecule has 0 bridgehead atoms. The maximum Gasteiger partial charge on any atom is 0.252 e. The number of benzene rings is 1. The van der Waals surface area contributed by atoms with Gasteiger partial charge in [0.05, 0.1) is 6.04 Å². The molecule has 21 heavy (non-hydrogen) atoms. The van der Waals surface area contributed by atoms with Crippen molar-refractivity contribution in [3.05, 3.63) is 35.9 Å². The molecular weight excluding hydrogens is 268 g/mol. The lowest BCUT2D eigenvalue weighted by Crippen LogP contribution is -2.40. The van der Waals surface area contributed by atoms with E-state index in [-0.39, 0.29) is 23.8 Å². The number of ether oxygens (including phenoxy) is 1. The lowest BCUT2D eigenvalue weighted by molar-refractivity contribution is -0.140. The van der Waals surface area contributed by atoms with Gasteiger partial charge in [0.25, 0.3) is 5.91 Å². The van der Waals surface area contributed by atoms with Crippen molar-refractivity contribution in [3.63, 3.8) is 0 Å². The van der Waals surface area contributed by atoms with Crippen LogP contribution in [-0.4, -0.2) is 54.0 Å². The van der Waals surface area contributed by atoms with Crippen LogP contribution >= 0.6 is 0 Å². The van der Waals surface area contributed by atoms with Gasteiger partial charge < -0.3 is 14.5 Å². The van der Waals surface area contributed by atoms with Crippen LogP contribution in [0.2, 0.25) is 0 Å². The number of methoxy groups -OCH3 is 1. The molecular formula is C16H20N2O3. The van der Waals surface area contributed by atoms with E-state index in [1.54, 1.807) is 14.0 Å². The topological polar surface area (TPSA) is 49.9 Å². The second-order valence-corrected chi connectivity index (χ2v) is 5.76. The molecule has 2 saturated heterocycles. The van der Waals surface area contributed by atoms with Crippen molar-refractivity contribution in [3.8, 4) is 0 Å². The zero-order chi connectivity index (χ0) is 15.0. The van der Waals surface area contributed by atoms with E-state index in [4.69, 9.17) is 4.74 Å². The summed E-state index contributed by atoms with van der Waals surface area (Å²) in [5.74, 6) is 0.182. The third kappa shape index (κ3) is 2.42. The van der Waals surface area contributed by atoms with Crippen LogP contribution in [0.15, 0.2) is 30.3 Å². The van der Waals surface area contributed by atoms with Gasteiger partial charge in [-0.05, 0) is 5.56 Å². The van der Waals surface area contributed by atoms with Crippen LogP contribution in [0.4, 0.5) is 0 Å². The Morgan fingerprint density at radius 1 is 1.29 bits per heavy atom. The van der Waals surface area contributed by atoms with Crippen LogP contribution in [0, 0.1) is 5.92 Å². The lowest BCUT2D eigenvalue weighted by Gasteiger charge is -2.25. The van der Waals surface area contributed by atoms with Gasteiger partial charge in [-0.25, -0.2) is 0 Å². The first-order valence-electron chi connectivity index (χ1n) is 7.24. The number of carbonyl (C=O) groups excluding carboxylic acids is 2. The number of amides is 2. The first-order chi connectivity index (χ1) is 10.1. The molecule has 2 heterocycles. The predicted octanol–water partition coefficient (Wildman–Crippen LogP) is 0.891. The minimum atomic E-state index is -0.428. The molecule has 0 aliphatic carbocycles. The number of carbonyl (C=O) groups is 2. The highest BCUT2D eigenvalue weighted by atomic mass is 16.5. The van der Waals surface area contributed by atoms with Gasteiger partial charge in [0, 0.05) is 39.6 Å². The summed E-state index contributed by atoms with van der Waals surface area (Å²) < 4.78 is 5.40. The first-order valence-corrected chi connectivity index (χ1v) is 7.24. The Kier molecular flexibility index (Phi) is 3.68. The molecule has 0 spiro atoms. The van der Waals surface area contributed by atoms with E-state index in [9.17, 15) is 9.59 Å². The quantitative estimate of drug-likeness (QED) is 0.830. The molecule has 1 aromatic rings. The summed E-state index contributed by atoms with van der Waals surface area (Å²) in [5.41, 5.74) is 1.10. The number of nitrogens with zero attached hydrogens (tertiary/aromatic N) is 2. The third-order valence-corrected chi connectivity index (χ3v) is 4.54. The molecule has 112 valence electrons. The zero-order valence-electron chi connectivity index (χ0n) is 12.4. The Hall–Kier alpha value is -1.88. The number of likely N-dealkylation sites (tertiary alicyclic amines) is 2. The van der Waals surface area contributed by atoms with Crippen molar-refractivity contribution in [1.29, 1.82) is 0 Å². The normalized spacial score (nSPS) is 28.1. The molecule has 2 amide bonds. The molecule has 1 aromatic carbocycles. The molecule has 0 radical (unpaired) electrons. The van der Waals surface area contributed by atoms with Gasteiger partial charge in [-0.3, -0.25) is 9.59 Å². The maximum atomic E-state index is 12.5. The fourth-order valence-electron chi connectivity index (χ4n) is 3.46. The van der Waals surface area contributed by atoms with Crippen LogP contribution in [-0.2, 0) is 20.9 Å². The van der Waals surface area contributed by atoms with Gasteiger partial charge in [0.2, 0.25) is 5.91 Å². The summed E-state index contributed by atoms with van der Waals surface area (Å²) in [6.07, 6.45) is -0.428. The maximum absolute atomic E-state index is 12.5. The molecule has 0 N–H and O–H groups in total. The highest BCUT2D eigenvalue weighted by Gasteiger charge is 2.53. The highest BCUT2D eigenvalue weighted by molar-refractivity contribution is 5.85. The van der Waals surface area contributed by atoms with Crippen LogP contribution in [0.3, 0.4) is 0 Å². The van der Waals surface area contributed by atoms with Crippen LogP contribution < -0.4 is 0 Å². The Bertz CT molecular complexity index is 546. The van der Waals surface area contributed by atoms with E-state index in [1.807, 2.05) is 40.1 Å². The Balaban J connectivity index is 1.82. The van der Waals surface area contributed by atoms with Crippen molar-refractivity contribution in [1.82, 2.24) is 9.80 Å². The average molecular weight is 288 g/mol. The van der Waals surface area contributed by atoms with Gasteiger partial charge >= 0.3 is 0 Å². The smallest absolute Gasteiger partial charge is 0.252 e. The first kappa shape index (κ1) is 14.1. The Morgan fingerprint density at radius 2 is 2.00 bits per heavy atom. The van der Waals surface area contributed by atoms with Gasteiger partial charge in [0.15, 0.2) is 0 Å². The Labute approximate surface area is 124 Å². The summed E-state index contributed by atoms with van der Waals surface area (Å²) in [6, 6.07) is 9.99. The van der Waals surface area contributed by atoms with E-state index in [1.165, 1.54) is 0 Å². The predicted molar refractivity (Wildman–Crippen MR) is 77.3 cm³/mol. The Morgan fingerprint density at radius 3 is 2.62 bits per heavy atom. The fourth-order valence-corrected chi connectivity index (χ4v) is 3.46. The minimum Gasteiger partial charge on any atom is -0.371 e. The summed E-state index contributed by atoms with van der Waals surface area (Å²) in [7, 11) is 1.57. The van der Waals surface area contributed by atoms with E-state index in [2.05, 4.69) is 0 Å². The summed E-state index contributed by atoms with van der Waals surface area (Å²) in [5, 5.41) is 0. The van der Waals surface area contributed by atoms with E-state index in [0.717, 1.165) is 5.56 Å². The van der Waals surface area contributed by atoms with Gasteiger partial charge in [0.1, 0.15) is 6.10 Å². The van der Waals surface area contributed by atoms with E-state index < -0.39 is 6.10 Å². The molecule has 0 aromatic heterocycles. The largest absolute Gasteiger partial charge is 0.371 e. The lowest BCUT2D eigenvalue weighted by atomic mass is 10.0. The fraction of sp³-hybridized carbons (Fsp3) is 0.500. The second kappa shape index (κ2) is 5.48. The zero-order valence-corrected chi connectivity index (χ0v) is 12.4. The van der Waals surface area contributed by atoms with Crippen LogP contribution in [0.5, 0.6) is 0 Å². The van der Waals surface area contributed by atoms with Gasteiger partial charge in [-0.15, -0.1) is 0 Å². The van der Waals surface area contributed by atoms with Crippen molar-refractivity contribution in [2.45, 2.75) is 25.6 Å². The van der Waals surface area contributed by atoms with E-state index in [0.29, 0.717) is 19.6 Å². The molecule has 3 atom stereocenters.